The number of hydrogen-bond donors (Lipinski definition) is 1. The third-order valence-corrected chi connectivity index (χ3v) is 3.48. The van der Waals surface area contributed by atoms with Gasteiger partial charge in [0.05, 0.1) is 13.2 Å². The van der Waals surface area contributed by atoms with Crippen molar-refractivity contribution in [2.75, 3.05) is 26.3 Å². The minimum absolute atomic E-state index is 0.0222. The summed E-state index contributed by atoms with van der Waals surface area (Å²) in [6.07, 6.45) is 3.55. The van der Waals surface area contributed by atoms with Crippen LogP contribution in [-0.2, 0) is 4.74 Å². The molecule has 2 bridgehead atoms. The predicted molar refractivity (Wildman–Crippen MR) is 50.4 cm³/mol. The maximum atomic E-state index is 8.76. The number of ether oxygens (including phenoxy) is 1. The molecule has 0 aromatic carbocycles. The normalized spacial score (nSPS) is 42.9. The van der Waals surface area contributed by atoms with E-state index in [9.17, 15) is 0 Å². The second-order valence-electron chi connectivity index (χ2n) is 4.18. The van der Waals surface area contributed by atoms with Crippen LogP contribution in [0.5, 0.6) is 0 Å². The molecular weight excluding hydrogens is 166 g/mol. The average molecular weight is 185 g/mol. The summed E-state index contributed by atoms with van der Waals surface area (Å²) in [5.41, 5.74) is -0.0222. The van der Waals surface area contributed by atoms with Gasteiger partial charge in [-0.25, -0.2) is 0 Å². The SMILES string of the molecule is CCC1(OCCO)CC2CCN1C2. The number of hydrogen-bond acceptors (Lipinski definition) is 3. The molecule has 0 amide bonds. The molecule has 0 spiro atoms. The quantitative estimate of drug-likeness (QED) is 0.704. The molecule has 76 valence electrons. The molecule has 3 unspecified atom stereocenters. The standard InChI is InChI=1S/C10H19NO2/c1-2-10(13-6-5-12)7-9-3-4-11(10)8-9/h9,12H,2-8H2,1H3. The zero-order valence-corrected chi connectivity index (χ0v) is 8.33. The molecule has 0 saturated carbocycles. The molecule has 3 heteroatoms. The minimum Gasteiger partial charge on any atom is -0.394 e. The summed E-state index contributed by atoms with van der Waals surface area (Å²) in [4.78, 5) is 2.45. The molecule has 2 aliphatic rings. The number of nitrogens with zero attached hydrogens (tertiary/aromatic N) is 1. The minimum atomic E-state index is -0.0222. The third-order valence-electron chi connectivity index (χ3n) is 3.48. The number of aliphatic hydroxyl groups excluding tert-OH is 1. The summed E-state index contributed by atoms with van der Waals surface area (Å²) in [6, 6.07) is 0. The fourth-order valence-corrected chi connectivity index (χ4v) is 2.81. The average Bonchev–Trinajstić information content (AvgIpc) is 2.74. The van der Waals surface area contributed by atoms with Crippen LogP contribution in [0.4, 0.5) is 0 Å². The summed E-state index contributed by atoms with van der Waals surface area (Å²) in [5, 5.41) is 8.76. The van der Waals surface area contributed by atoms with E-state index in [-0.39, 0.29) is 12.3 Å². The highest BCUT2D eigenvalue weighted by atomic mass is 16.5. The van der Waals surface area contributed by atoms with Crippen molar-refractivity contribution in [3.05, 3.63) is 0 Å². The molecule has 3 nitrogen and oxygen atoms in total. The van der Waals surface area contributed by atoms with Gasteiger partial charge in [0.15, 0.2) is 0 Å². The van der Waals surface area contributed by atoms with Crippen LogP contribution >= 0.6 is 0 Å². The van der Waals surface area contributed by atoms with Crippen LogP contribution in [0.3, 0.4) is 0 Å². The highest BCUT2D eigenvalue weighted by molar-refractivity contribution is 4.97. The Kier molecular flexibility index (Phi) is 2.58. The van der Waals surface area contributed by atoms with Crippen molar-refractivity contribution in [2.24, 2.45) is 5.92 Å². The van der Waals surface area contributed by atoms with Crippen LogP contribution in [0.15, 0.2) is 0 Å². The molecule has 2 rings (SSSR count). The second kappa shape index (κ2) is 3.56. The van der Waals surface area contributed by atoms with E-state index >= 15 is 0 Å². The zero-order chi connectivity index (χ0) is 9.31. The van der Waals surface area contributed by atoms with E-state index in [1.165, 1.54) is 25.9 Å². The Bertz CT molecular complexity index is 186. The molecule has 0 aromatic heterocycles. The lowest BCUT2D eigenvalue weighted by Crippen LogP contribution is -2.47. The molecular formula is C10H19NO2. The molecule has 1 N–H and O–H groups in total. The van der Waals surface area contributed by atoms with Crippen LogP contribution < -0.4 is 0 Å². The van der Waals surface area contributed by atoms with E-state index in [4.69, 9.17) is 9.84 Å². The summed E-state index contributed by atoms with van der Waals surface area (Å²) in [5.74, 6) is 0.846. The van der Waals surface area contributed by atoms with E-state index in [0.717, 1.165) is 12.3 Å². The van der Waals surface area contributed by atoms with E-state index in [0.29, 0.717) is 6.61 Å². The highest BCUT2D eigenvalue weighted by Crippen LogP contribution is 2.43. The molecule has 2 aliphatic heterocycles. The Balaban J connectivity index is 1.99. The van der Waals surface area contributed by atoms with Crippen molar-refractivity contribution in [1.82, 2.24) is 4.90 Å². The molecule has 2 heterocycles. The topological polar surface area (TPSA) is 32.7 Å². The molecule has 3 atom stereocenters. The fourth-order valence-electron chi connectivity index (χ4n) is 2.81. The number of fused-ring (bicyclic) bond motifs is 2. The van der Waals surface area contributed by atoms with Crippen LogP contribution in [0.2, 0.25) is 0 Å². The van der Waals surface area contributed by atoms with Gasteiger partial charge in [-0.05, 0) is 25.2 Å². The van der Waals surface area contributed by atoms with E-state index in [1.807, 2.05) is 0 Å². The second-order valence-corrected chi connectivity index (χ2v) is 4.18. The summed E-state index contributed by atoms with van der Waals surface area (Å²) < 4.78 is 5.80. The third kappa shape index (κ3) is 1.49. The first kappa shape index (κ1) is 9.44. The number of rotatable bonds is 4. The first-order chi connectivity index (χ1) is 6.30. The maximum Gasteiger partial charge on any atom is 0.121 e. The van der Waals surface area contributed by atoms with Gasteiger partial charge in [0.25, 0.3) is 0 Å². The lowest BCUT2D eigenvalue weighted by molar-refractivity contribution is -0.149. The summed E-state index contributed by atoms with van der Waals surface area (Å²) in [6.45, 7) is 5.19. The van der Waals surface area contributed by atoms with Crippen LogP contribution in [0.25, 0.3) is 0 Å². The van der Waals surface area contributed by atoms with Crippen LogP contribution in [-0.4, -0.2) is 42.0 Å². The van der Waals surface area contributed by atoms with Gasteiger partial charge >= 0.3 is 0 Å². The van der Waals surface area contributed by atoms with E-state index in [2.05, 4.69) is 11.8 Å². The van der Waals surface area contributed by atoms with E-state index in [1.54, 1.807) is 0 Å². The van der Waals surface area contributed by atoms with Crippen molar-refractivity contribution in [2.45, 2.75) is 31.9 Å². The Morgan fingerprint density at radius 3 is 2.92 bits per heavy atom. The Hall–Kier alpha value is -0.120. The predicted octanol–water partition coefficient (Wildman–Crippen LogP) is 0.827. The van der Waals surface area contributed by atoms with Crippen molar-refractivity contribution in [3.8, 4) is 0 Å². The number of aliphatic hydroxyl groups is 1. The van der Waals surface area contributed by atoms with Gasteiger partial charge in [0, 0.05) is 13.1 Å². The van der Waals surface area contributed by atoms with Gasteiger partial charge in [0.2, 0.25) is 0 Å². The van der Waals surface area contributed by atoms with Gasteiger partial charge in [-0.2, -0.15) is 0 Å². The first-order valence-corrected chi connectivity index (χ1v) is 5.30. The monoisotopic (exact) mass is 185 g/mol. The van der Waals surface area contributed by atoms with E-state index < -0.39 is 0 Å². The summed E-state index contributed by atoms with van der Waals surface area (Å²) in [7, 11) is 0. The first-order valence-electron chi connectivity index (χ1n) is 5.30. The maximum absolute atomic E-state index is 8.76. The lowest BCUT2D eigenvalue weighted by Gasteiger charge is -2.38. The molecule has 0 aromatic rings. The van der Waals surface area contributed by atoms with Crippen molar-refractivity contribution in [3.63, 3.8) is 0 Å². The summed E-state index contributed by atoms with van der Waals surface area (Å²) >= 11 is 0. The largest absolute Gasteiger partial charge is 0.394 e. The lowest BCUT2D eigenvalue weighted by atomic mass is 9.95. The van der Waals surface area contributed by atoms with Crippen molar-refractivity contribution in [1.29, 1.82) is 0 Å². The fraction of sp³-hybridized carbons (Fsp3) is 1.00. The van der Waals surface area contributed by atoms with Crippen molar-refractivity contribution < 1.29 is 9.84 Å². The Morgan fingerprint density at radius 2 is 2.46 bits per heavy atom. The van der Waals surface area contributed by atoms with Crippen LogP contribution in [0, 0.1) is 5.92 Å². The zero-order valence-electron chi connectivity index (χ0n) is 8.33. The van der Waals surface area contributed by atoms with Crippen molar-refractivity contribution >= 4 is 0 Å². The Morgan fingerprint density at radius 1 is 1.62 bits per heavy atom. The number of piperidine rings is 1. The van der Waals surface area contributed by atoms with Gasteiger partial charge < -0.3 is 9.84 Å². The van der Waals surface area contributed by atoms with Gasteiger partial charge in [-0.15, -0.1) is 0 Å². The molecule has 0 aliphatic carbocycles. The molecule has 2 saturated heterocycles. The van der Waals surface area contributed by atoms with Crippen LogP contribution in [0.1, 0.15) is 26.2 Å². The molecule has 0 radical (unpaired) electrons. The smallest absolute Gasteiger partial charge is 0.121 e. The van der Waals surface area contributed by atoms with Gasteiger partial charge in [-0.1, -0.05) is 6.92 Å². The molecule has 13 heavy (non-hydrogen) atoms. The molecule has 2 fully saturated rings. The highest BCUT2D eigenvalue weighted by Gasteiger charge is 2.48. The van der Waals surface area contributed by atoms with Gasteiger partial charge in [0.1, 0.15) is 5.72 Å². The van der Waals surface area contributed by atoms with Gasteiger partial charge in [-0.3, -0.25) is 4.90 Å². The Labute approximate surface area is 79.7 Å².